The zero-order valence-corrected chi connectivity index (χ0v) is 9.76. The predicted molar refractivity (Wildman–Crippen MR) is 57.7 cm³/mol. The van der Waals surface area contributed by atoms with E-state index >= 15 is 0 Å². The van der Waals surface area contributed by atoms with E-state index in [1.54, 1.807) is 0 Å². The lowest BCUT2D eigenvalue weighted by Crippen LogP contribution is -2.13. The van der Waals surface area contributed by atoms with Crippen molar-refractivity contribution in [2.45, 2.75) is 53.9 Å². The van der Waals surface area contributed by atoms with E-state index < -0.39 is 0 Å². The van der Waals surface area contributed by atoms with Crippen molar-refractivity contribution in [1.29, 1.82) is 0 Å². The van der Waals surface area contributed by atoms with E-state index in [4.69, 9.17) is 0 Å². The first-order valence-corrected chi connectivity index (χ1v) is 5.46. The molecule has 0 rings (SSSR count). The average molecular weight is 184 g/mol. The van der Waals surface area contributed by atoms with Crippen LogP contribution in [-0.4, -0.2) is 5.78 Å². The third-order valence-corrected chi connectivity index (χ3v) is 2.34. The highest BCUT2D eigenvalue weighted by Gasteiger charge is 2.14. The van der Waals surface area contributed by atoms with Crippen LogP contribution in [0.15, 0.2) is 0 Å². The van der Waals surface area contributed by atoms with Crippen molar-refractivity contribution in [3.63, 3.8) is 0 Å². The number of carbonyl (C=O) groups excluding carboxylic acids is 1. The molecule has 0 amide bonds. The second-order valence-electron chi connectivity index (χ2n) is 4.93. The summed E-state index contributed by atoms with van der Waals surface area (Å²) in [5.74, 6) is 1.99. The molecule has 0 bridgehead atoms. The third-order valence-electron chi connectivity index (χ3n) is 2.34. The van der Waals surface area contributed by atoms with Crippen LogP contribution in [0.1, 0.15) is 53.9 Å². The zero-order chi connectivity index (χ0) is 10.4. The second kappa shape index (κ2) is 6.17. The highest BCUT2D eigenvalue weighted by molar-refractivity contribution is 5.80. The summed E-state index contributed by atoms with van der Waals surface area (Å²) in [5.41, 5.74) is 0. The monoisotopic (exact) mass is 184 g/mol. The average Bonchev–Trinajstić information content (AvgIpc) is 1.98. The van der Waals surface area contributed by atoms with Crippen LogP contribution in [0.4, 0.5) is 0 Å². The molecule has 1 heteroatoms. The molecule has 0 aliphatic rings. The van der Waals surface area contributed by atoms with Gasteiger partial charge in [-0.25, -0.2) is 0 Å². The molecule has 0 aromatic carbocycles. The lowest BCUT2D eigenvalue weighted by Gasteiger charge is -2.13. The topological polar surface area (TPSA) is 17.1 Å². The fourth-order valence-electron chi connectivity index (χ4n) is 1.52. The van der Waals surface area contributed by atoms with Gasteiger partial charge < -0.3 is 0 Å². The Bertz CT molecular complexity index is 147. The van der Waals surface area contributed by atoms with Gasteiger partial charge in [-0.15, -0.1) is 0 Å². The van der Waals surface area contributed by atoms with Crippen molar-refractivity contribution in [2.75, 3.05) is 0 Å². The van der Waals surface area contributed by atoms with Gasteiger partial charge in [0, 0.05) is 12.3 Å². The van der Waals surface area contributed by atoms with Gasteiger partial charge in [0.15, 0.2) is 0 Å². The van der Waals surface area contributed by atoms with Crippen LogP contribution < -0.4 is 0 Å². The minimum atomic E-state index is 0.263. The largest absolute Gasteiger partial charge is 0.299 e. The first-order chi connectivity index (χ1) is 5.93. The van der Waals surface area contributed by atoms with Crippen LogP contribution in [-0.2, 0) is 4.79 Å². The summed E-state index contributed by atoms with van der Waals surface area (Å²) < 4.78 is 0. The van der Waals surface area contributed by atoms with Crippen LogP contribution >= 0.6 is 0 Å². The highest BCUT2D eigenvalue weighted by atomic mass is 16.1. The Morgan fingerprint density at radius 1 is 1.00 bits per heavy atom. The summed E-state index contributed by atoms with van der Waals surface area (Å²) in [6, 6.07) is 0. The maximum atomic E-state index is 11.6. The molecule has 0 fully saturated rings. The van der Waals surface area contributed by atoms with Crippen LogP contribution in [0.5, 0.6) is 0 Å². The Hall–Kier alpha value is -0.330. The van der Waals surface area contributed by atoms with E-state index in [1.807, 2.05) is 0 Å². The molecule has 0 spiro atoms. The highest BCUT2D eigenvalue weighted by Crippen LogP contribution is 2.15. The number of ketones is 1. The maximum Gasteiger partial charge on any atom is 0.135 e. The lowest BCUT2D eigenvalue weighted by molar-refractivity contribution is -0.123. The van der Waals surface area contributed by atoms with Crippen molar-refractivity contribution in [1.82, 2.24) is 0 Å². The van der Waals surface area contributed by atoms with Crippen LogP contribution in [0.3, 0.4) is 0 Å². The van der Waals surface area contributed by atoms with E-state index in [1.165, 1.54) is 0 Å². The van der Waals surface area contributed by atoms with Crippen molar-refractivity contribution in [3.8, 4) is 0 Å². The van der Waals surface area contributed by atoms with Gasteiger partial charge in [0.1, 0.15) is 5.78 Å². The van der Waals surface area contributed by atoms with E-state index in [0.29, 0.717) is 17.6 Å². The van der Waals surface area contributed by atoms with Gasteiger partial charge in [0.05, 0.1) is 0 Å². The third kappa shape index (κ3) is 6.80. The first-order valence-electron chi connectivity index (χ1n) is 5.46. The summed E-state index contributed by atoms with van der Waals surface area (Å²) in [4.78, 5) is 11.6. The second-order valence-corrected chi connectivity index (χ2v) is 4.93. The molecule has 0 saturated carbocycles. The number of hydrogen-bond donors (Lipinski definition) is 0. The minimum absolute atomic E-state index is 0.263. The Morgan fingerprint density at radius 2 is 1.54 bits per heavy atom. The van der Waals surface area contributed by atoms with Crippen molar-refractivity contribution < 1.29 is 4.79 Å². The van der Waals surface area contributed by atoms with Gasteiger partial charge in [-0.1, -0.05) is 34.6 Å². The molecule has 0 aliphatic carbocycles. The molecule has 0 radical (unpaired) electrons. The number of hydrogen-bond acceptors (Lipinski definition) is 1. The number of Topliss-reactive ketones (excluding diaryl/α,β-unsaturated/α-hetero) is 1. The fraction of sp³-hybridized carbons (Fsp3) is 0.917. The quantitative estimate of drug-likeness (QED) is 0.615. The van der Waals surface area contributed by atoms with Gasteiger partial charge in [0.25, 0.3) is 0 Å². The Kier molecular flexibility index (Phi) is 6.02. The smallest absolute Gasteiger partial charge is 0.135 e. The summed E-state index contributed by atoms with van der Waals surface area (Å²) in [6.45, 7) is 10.7. The molecule has 0 aromatic rings. The molecular weight excluding hydrogens is 160 g/mol. The Labute approximate surface area is 82.9 Å². The van der Waals surface area contributed by atoms with Gasteiger partial charge in [0.2, 0.25) is 0 Å². The first kappa shape index (κ1) is 12.7. The molecule has 1 unspecified atom stereocenters. The Morgan fingerprint density at radius 3 is 1.92 bits per heavy atom. The molecule has 1 nitrogen and oxygen atoms in total. The summed E-state index contributed by atoms with van der Waals surface area (Å²) in [6.07, 6.45) is 2.85. The van der Waals surface area contributed by atoms with Crippen molar-refractivity contribution in [3.05, 3.63) is 0 Å². The van der Waals surface area contributed by atoms with Crippen LogP contribution in [0, 0.1) is 17.8 Å². The van der Waals surface area contributed by atoms with Gasteiger partial charge in [-0.2, -0.15) is 0 Å². The van der Waals surface area contributed by atoms with Gasteiger partial charge in [-0.3, -0.25) is 4.79 Å². The lowest BCUT2D eigenvalue weighted by atomic mass is 9.91. The molecular formula is C12H24O. The van der Waals surface area contributed by atoms with E-state index in [0.717, 1.165) is 19.3 Å². The van der Waals surface area contributed by atoms with E-state index in [2.05, 4.69) is 34.6 Å². The van der Waals surface area contributed by atoms with Gasteiger partial charge >= 0.3 is 0 Å². The fourth-order valence-corrected chi connectivity index (χ4v) is 1.52. The summed E-state index contributed by atoms with van der Waals surface area (Å²) in [5, 5.41) is 0. The standard InChI is InChI=1S/C12H24O/c1-9(2)6-7-12(13)11(5)8-10(3)4/h9-11H,6-8H2,1-5H3. The number of rotatable bonds is 6. The maximum absolute atomic E-state index is 11.6. The van der Waals surface area contributed by atoms with Gasteiger partial charge in [-0.05, 0) is 24.7 Å². The minimum Gasteiger partial charge on any atom is -0.299 e. The van der Waals surface area contributed by atoms with Crippen molar-refractivity contribution in [2.24, 2.45) is 17.8 Å². The molecule has 0 N–H and O–H groups in total. The molecule has 13 heavy (non-hydrogen) atoms. The summed E-state index contributed by atoms with van der Waals surface area (Å²) >= 11 is 0. The molecule has 0 aromatic heterocycles. The predicted octanol–water partition coefficient (Wildman–Crippen LogP) is 3.67. The molecule has 0 aliphatic heterocycles. The van der Waals surface area contributed by atoms with Crippen LogP contribution in [0.25, 0.3) is 0 Å². The SMILES string of the molecule is CC(C)CCC(=O)C(C)CC(C)C. The van der Waals surface area contributed by atoms with Crippen LogP contribution in [0.2, 0.25) is 0 Å². The van der Waals surface area contributed by atoms with Crippen molar-refractivity contribution >= 4 is 5.78 Å². The molecule has 1 atom stereocenters. The number of carbonyl (C=O) groups is 1. The molecule has 0 heterocycles. The van der Waals surface area contributed by atoms with E-state index in [-0.39, 0.29) is 5.92 Å². The molecule has 78 valence electrons. The Balaban J connectivity index is 3.69. The zero-order valence-electron chi connectivity index (χ0n) is 9.76. The normalized spacial score (nSPS) is 13.8. The summed E-state index contributed by atoms with van der Waals surface area (Å²) in [7, 11) is 0. The van der Waals surface area contributed by atoms with E-state index in [9.17, 15) is 4.79 Å². The molecule has 0 saturated heterocycles.